The van der Waals surface area contributed by atoms with Crippen molar-refractivity contribution in [3.8, 4) is 28.6 Å². The number of piperazine rings is 1. The summed E-state index contributed by atoms with van der Waals surface area (Å²) >= 11 is 0. The Morgan fingerprint density at radius 3 is 2.60 bits per heavy atom. The summed E-state index contributed by atoms with van der Waals surface area (Å²) in [5.41, 5.74) is 4.45. The molecule has 7 rings (SSSR count). The van der Waals surface area contributed by atoms with Gasteiger partial charge in [0.25, 0.3) is 0 Å². The first-order valence-electron chi connectivity index (χ1n) is 9.92. The first-order valence-corrected chi connectivity index (χ1v) is 9.92. The maximum absolute atomic E-state index is 9.68. The molecule has 2 atom stereocenters. The van der Waals surface area contributed by atoms with E-state index in [1.807, 2.05) is 25.5 Å². The van der Waals surface area contributed by atoms with E-state index in [2.05, 4.69) is 41.3 Å². The summed E-state index contributed by atoms with van der Waals surface area (Å²) in [4.78, 5) is 19.4. The quantitative estimate of drug-likeness (QED) is 0.542. The number of nitriles is 1. The van der Waals surface area contributed by atoms with Gasteiger partial charge in [-0.25, -0.2) is 9.97 Å². The summed E-state index contributed by atoms with van der Waals surface area (Å²) < 4.78 is 1.75. The number of aryl methyl sites for hydroxylation is 1. The zero-order valence-corrected chi connectivity index (χ0v) is 16.4. The molecule has 9 heteroatoms. The van der Waals surface area contributed by atoms with Crippen LogP contribution in [0.2, 0.25) is 0 Å². The van der Waals surface area contributed by atoms with Gasteiger partial charge in [0.05, 0.1) is 35.5 Å². The van der Waals surface area contributed by atoms with Gasteiger partial charge in [-0.3, -0.25) is 9.67 Å². The molecule has 0 saturated carbocycles. The number of fused-ring (bicyclic) bond motifs is 3. The van der Waals surface area contributed by atoms with Gasteiger partial charge in [0, 0.05) is 61.1 Å². The lowest BCUT2D eigenvalue weighted by molar-refractivity contribution is 0.225. The number of pyridine rings is 1. The van der Waals surface area contributed by atoms with Crippen LogP contribution in [0.3, 0.4) is 0 Å². The molecule has 2 bridgehead atoms. The van der Waals surface area contributed by atoms with Gasteiger partial charge in [0.15, 0.2) is 0 Å². The Morgan fingerprint density at radius 2 is 1.93 bits per heavy atom. The number of hydrogen-bond acceptors (Lipinski definition) is 7. The molecule has 2 N–H and O–H groups in total. The average molecular weight is 397 g/mol. The van der Waals surface area contributed by atoms with Crippen LogP contribution >= 0.6 is 0 Å². The van der Waals surface area contributed by atoms with E-state index in [1.54, 1.807) is 23.3 Å². The van der Waals surface area contributed by atoms with Crippen LogP contribution < -0.4 is 10.2 Å². The van der Waals surface area contributed by atoms with E-state index in [4.69, 9.17) is 0 Å². The van der Waals surface area contributed by atoms with E-state index in [-0.39, 0.29) is 0 Å². The molecule has 0 spiro atoms. The Bertz CT molecular complexity index is 1280. The van der Waals surface area contributed by atoms with E-state index in [9.17, 15) is 5.26 Å². The first kappa shape index (κ1) is 17.1. The lowest BCUT2D eigenvalue weighted by atomic mass is 9.91. The minimum Gasteiger partial charge on any atom is -0.352 e. The van der Waals surface area contributed by atoms with Crippen molar-refractivity contribution < 1.29 is 0 Å². The van der Waals surface area contributed by atoms with E-state index in [0.717, 1.165) is 41.1 Å². The van der Waals surface area contributed by atoms with Crippen molar-refractivity contribution >= 4 is 16.9 Å². The van der Waals surface area contributed by atoms with E-state index < -0.39 is 0 Å². The first-order chi connectivity index (χ1) is 14.7. The molecular weight excluding hydrogens is 378 g/mol. The van der Waals surface area contributed by atoms with Gasteiger partial charge >= 0.3 is 0 Å². The molecule has 4 aromatic heterocycles. The third-order valence-corrected chi connectivity index (χ3v) is 5.93. The molecule has 3 fully saturated rings. The standard InChI is InChI=1S/C21H19N9/c1-29-9-13(6-26-29)17-3-16-20(12(4-22)5-25-21(16)28-17)18-7-24-19(8-23-18)30-10-14-2-15(11-30)27-14/h3,5-9,14-15,27H,2,10-11H2,1H3,(H,25,28). The summed E-state index contributed by atoms with van der Waals surface area (Å²) in [7, 11) is 1.88. The zero-order valence-electron chi connectivity index (χ0n) is 16.4. The van der Waals surface area contributed by atoms with Crippen molar-refractivity contribution in [2.75, 3.05) is 18.0 Å². The molecule has 3 aliphatic rings. The maximum atomic E-state index is 9.68. The zero-order chi connectivity index (χ0) is 20.2. The topological polar surface area (TPSA) is 111 Å². The van der Waals surface area contributed by atoms with Gasteiger partial charge in [0.1, 0.15) is 17.5 Å². The van der Waals surface area contributed by atoms with Crippen molar-refractivity contribution in [3.63, 3.8) is 0 Å². The van der Waals surface area contributed by atoms with E-state index >= 15 is 0 Å². The molecule has 0 radical (unpaired) electrons. The Kier molecular flexibility index (Phi) is 3.63. The minimum atomic E-state index is 0.477. The molecule has 7 heterocycles. The number of nitrogens with zero attached hydrogens (tertiary/aromatic N) is 7. The Labute approximate surface area is 172 Å². The van der Waals surface area contributed by atoms with Gasteiger partial charge < -0.3 is 15.2 Å². The average Bonchev–Trinajstić information content (AvgIpc) is 3.38. The van der Waals surface area contributed by atoms with Crippen LogP contribution in [-0.2, 0) is 7.05 Å². The highest BCUT2D eigenvalue weighted by molar-refractivity contribution is 5.97. The molecule has 0 aliphatic carbocycles. The van der Waals surface area contributed by atoms with Gasteiger partial charge in [-0.05, 0) is 12.5 Å². The molecular formula is C21H19N9. The molecule has 4 aromatic rings. The SMILES string of the molecule is Cn1cc(-c2cc3c(-c4cnc(N5CC6CC(C5)N6)cn4)c(C#N)cnc3[nH]2)cn1. The normalized spacial score (nSPS) is 20.2. The molecule has 3 aliphatic heterocycles. The maximum Gasteiger partial charge on any atom is 0.147 e. The summed E-state index contributed by atoms with van der Waals surface area (Å²) in [5, 5.41) is 18.3. The van der Waals surface area contributed by atoms with Crippen molar-refractivity contribution in [2.24, 2.45) is 7.05 Å². The van der Waals surface area contributed by atoms with Gasteiger partial charge in [-0.2, -0.15) is 10.4 Å². The van der Waals surface area contributed by atoms with Crippen LogP contribution in [-0.4, -0.2) is 54.9 Å². The summed E-state index contributed by atoms with van der Waals surface area (Å²) in [6, 6.07) is 5.36. The smallest absolute Gasteiger partial charge is 0.147 e. The lowest BCUT2D eigenvalue weighted by Gasteiger charge is -2.48. The van der Waals surface area contributed by atoms with E-state index in [0.29, 0.717) is 29.0 Å². The van der Waals surface area contributed by atoms with Crippen molar-refractivity contribution in [1.82, 2.24) is 35.0 Å². The van der Waals surface area contributed by atoms with Crippen LogP contribution in [0, 0.1) is 11.3 Å². The minimum absolute atomic E-state index is 0.477. The van der Waals surface area contributed by atoms with Gasteiger partial charge in [-0.1, -0.05) is 0 Å². The highest BCUT2D eigenvalue weighted by atomic mass is 15.3. The summed E-state index contributed by atoms with van der Waals surface area (Å²) in [6.45, 7) is 1.92. The highest BCUT2D eigenvalue weighted by Crippen LogP contribution is 2.33. The molecule has 0 aromatic carbocycles. The van der Waals surface area contributed by atoms with E-state index in [1.165, 1.54) is 6.42 Å². The fourth-order valence-electron chi connectivity index (χ4n) is 4.47. The largest absolute Gasteiger partial charge is 0.352 e. The second-order valence-corrected chi connectivity index (χ2v) is 7.97. The molecule has 0 amide bonds. The number of H-pyrrole nitrogens is 1. The van der Waals surface area contributed by atoms with Crippen molar-refractivity contribution in [2.45, 2.75) is 18.5 Å². The number of rotatable bonds is 3. The highest BCUT2D eigenvalue weighted by Gasteiger charge is 2.36. The third kappa shape index (κ3) is 2.65. The summed E-state index contributed by atoms with van der Waals surface area (Å²) in [6.07, 6.45) is 10.1. The number of aromatic amines is 1. The lowest BCUT2D eigenvalue weighted by Crippen LogP contribution is -2.67. The van der Waals surface area contributed by atoms with Crippen LogP contribution in [0.15, 0.2) is 37.1 Å². The number of aromatic nitrogens is 6. The molecule has 2 unspecified atom stereocenters. The second-order valence-electron chi connectivity index (χ2n) is 7.97. The number of nitrogens with one attached hydrogen (secondary N) is 2. The Morgan fingerprint density at radius 1 is 1.10 bits per heavy atom. The predicted octanol–water partition coefficient (Wildman–Crippen LogP) is 1.84. The van der Waals surface area contributed by atoms with Gasteiger partial charge in [-0.15, -0.1) is 0 Å². The fourth-order valence-corrected chi connectivity index (χ4v) is 4.47. The number of piperidine rings is 1. The van der Waals surface area contributed by atoms with Gasteiger partial charge in [0.2, 0.25) is 0 Å². The summed E-state index contributed by atoms with van der Waals surface area (Å²) in [5.74, 6) is 0.879. The van der Waals surface area contributed by atoms with Crippen molar-refractivity contribution in [3.05, 3.63) is 42.6 Å². The Hall–Kier alpha value is -3.77. The number of anilines is 1. The van der Waals surface area contributed by atoms with Crippen molar-refractivity contribution in [1.29, 1.82) is 5.26 Å². The van der Waals surface area contributed by atoms with Crippen LogP contribution in [0.4, 0.5) is 5.82 Å². The molecule has 30 heavy (non-hydrogen) atoms. The molecule has 3 saturated heterocycles. The van der Waals surface area contributed by atoms with Crippen LogP contribution in [0.5, 0.6) is 0 Å². The Balaban J connectivity index is 1.41. The monoisotopic (exact) mass is 397 g/mol. The van der Waals surface area contributed by atoms with Crippen LogP contribution in [0.25, 0.3) is 33.5 Å². The number of hydrogen-bond donors (Lipinski definition) is 2. The molecule has 9 nitrogen and oxygen atoms in total. The second kappa shape index (κ2) is 6.37. The predicted molar refractivity (Wildman–Crippen MR) is 112 cm³/mol. The fraction of sp³-hybridized carbons (Fsp3) is 0.286. The molecule has 148 valence electrons. The third-order valence-electron chi connectivity index (χ3n) is 5.93. The van der Waals surface area contributed by atoms with Crippen LogP contribution in [0.1, 0.15) is 12.0 Å².